The Morgan fingerprint density at radius 1 is 0.900 bits per heavy atom. The Kier molecular flexibility index (Phi) is 6.00. The number of hydrogen-bond acceptors (Lipinski definition) is 3. The second-order valence-corrected chi connectivity index (χ2v) is 7.60. The SMILES string of the molecule is O=C(COc1cccc(NC(=O)C2CC2c2ccccc2Cl)c1)Nc1ccccc1. The fourth-order valence-corrected chi connectivity index (χ4v) is 3.65. The van der Waals surface area contributed by atoms with Crippen molar-refractivity contribution in [3.05, 3.63) is 89.4 Å². The first-order valence-corrected chi connectivity index (χ1v) is 10.1. The van der Waals surface area contributed by atoms with Gasteiger partial charge in [0.1, 0.15) is 5.75 Å². The number of rotatable bonds is 7. The van der Waals surface area contributed by atoms with Gasteiger partial charge in [0.05, 0.1) is 0 Å². The smallest absolute Gasteiger partial charge is 0.262 e. The van der Waals surface area contributed by atoms with Gasteiger partial charge in [0.25, 0.3) is 5.91 Å². The molecule has 0 aromatic heterocycles. The van der Waals surface area contributed by atoms with E-state index >= 15 is 0 Å². The zero-order valence-corrected chi connectivity index (χ0v) is 16.9. The third-order valence-electron chi connectivity index (χ3n) is 4.96. The topological polar surface area (TPSA) is 67.4 Å². The fourth-order valence-electron chi connectivity index (χ4n) is 3.37. The lowest BCUT2D eigenvalue weighted by Crippen LogP contribution is -2.20. The Hall–Kier alpha value is -3.31. The highest BCUT2D eigenvalue weighted by atomic mass is 35.5. The molecule has 4 rings (SSSR count). The lowest BCUT2D eigenvalue weighted by Gasteiger charge is -2.10. The van der Waals surface area contributed by atoms with Gasteiger partial charge in [0.2, 0.25) is 5.91 Å². The first kappa shape index (κ1) is 20.0. The Labute approximate surface area is 180 Å². The summed E-state index contributed by atoms with van der Waals surface area (Å²) in [4.78, 5) is 24.6. The molecule has 3 aromatic rings. The number of ether oxygens (including phenoxy) is 1. The minimum Gasteiger partial charge on any atom is -0.484 e. The molecule has 1 saturated carbocycles. The Morgan fingerprint density at radius 3 is 2.43 bits per heavy atom. The molecule has 1 fully saturated rings. The molecule has 1 aliphatic carbocycles. The van der Waals surface area contributed by atoms with Crippen LogP contribution in [0.5, 0.6) is 5.75 Å². The number of amides is 2. The summed E-state index contributed by atoms with van der Waals surface area (Å²) >= 11 is 6.24. The molecular formula is C24H21ClN2O3. The van der Waals surface area contributed by atoms with E-state index < -0.39 is 0 Å². The monoisotopic (exact) mass is 420 g/mol. The van der Waals surface area contributed by atoms with Crippen molar-refractivity contribution < 1.29 is 14.3 Å². The number of benzene rings is 3. The second-order valence-electron chi connectivity index (χ2n) is 7.19. The van der Waals surface area contributed by atoms with Crippen molar-refractivity contribution in [2.45, 2.75) is 12.3 Å². The lowest BCUT2D eigenvalue weighted by molar-refractivity contribution is -0.118. The minimum atomic E-state index is -0.254. The average Bonchev–Trinajstić information content (AvgIpc) is 3.55. The zero-order valence-electron chi connectivity index (χ0n) is 16.2. The third-order valence-corrected chi connectivity index (χ3v) is 5.31. The molecule has 1 aliphatic rings. The van der Waals surface area contributed by atoms with Crippen molar-refractivity contribution in [2.24, 2.45) is 5.92 Å². The molecule has 2 unspecified atom stereocenters. The van der Waals surface area contributed by atoms with Gasteiger partial charge < -0.3 is 15.4 Å². The maximum Gasteiger partial charge on any atom is 0.262 e. The quantitative estimate of drug-likeness (QED) is 0.558. The van der Waals surface area contributed by atoms with Crippen molar-refractivity contribution in [1.82, 2.24) is 0 Å². The van der Waals surface area contributed by atoms with Crippen LogP contribution in [-0.4, -0.2) is 18.4 Å². The molecule has 0 heterocycles. The predicted molar refractivity (Wildman–Crippen MR) is 118 cm³/mol. The van der Waals surface area contributed by atoms with E-state index in [0.717, 1.165) is 12.0 Å². The highest BCUT2D eigenvalue weighted by Gasteiger charge is 2.44. The highest BCUT2D eigenvalue weighted by molar-refractivity contribution is 6.31. The van der Waals surface area contributed by atoms with Crippen LogP contribution in [-0.2, 0) is 9.59 Å². The largest absolute Gasteiger partial charge is 0.484 e. The normalized spacial score (nSPS) is 17.1. The molecule has 0 saturated heterocycles. The fraction of sp³-hybridized carbons (Fsp3) is 0.167. The van der Waals surface area contributed by atoms with Crippen LogP contribution < -0.4 is 15.4 Å². The average molecular weight is 421 g/mol. The molecule has 5 nitrogen and oxygen atoms in total. The Morgan fingerprint density at radius 2 is 1.63 bits per heavy atom. The second kappa shape index (κ2) is 9.01. The molecule has 2 atom stereocenters. The van der Waals surface area contributed by atoms with E-state index in [1.54, 1.807) is 24.3 Å². The number of carbonyl (C=O) groups is 2. The van der Waals surface area contributed by atoms with Crippen LogP contribution in [0.3, 0.4) is 0 Å². The first-order valence-electron chi connectivity index (χ1n) is 9.73. The number of halogens is 1. The summed E-state index contributed by atoms with van der Waals surface area (Å²) in [7, 11) is 0. The molecule has 152 valence electrons. The first-order chi connectivity index (χ1) is 14.6. The van der Waals surface area contributed by atoms with Crippen LogP contribution in [0.4, 0.5) is 11.4 Å². The van der Waals surface area contributed by atoms with Crippen LogP contribution in [0.2, 0.25) is 5.02 Å². The standard InChI is InChI=1S/C24H21ClN2O3/c25-22-12-5-4-11-19(22)20-14-21(20)24(29)27-17-9-6-10-18(13-17)30-15-23(28)26-16-7-2-1-3-8-16/h1-13,20-21H,14-15H2,(H,26,28)(H,27,29). The van der Waals surface area contributed by atoms with E-state index in [-0.39, 0.29) is 30.3 Å². The van der Waals surface area contributed by atoms with Crippen LogP contribution in [0.1, 0.15) is 17.9 Å². The van der Waals surface area contributed by atoms with Crippen molar-refractivity contribution in [2.75, 3.05) is 17.2 Å². The molecule has 0 aliphatic heterocycles. The number of hydrogen-bond donors (Lipinski definition) is 2. The summed E-state index contributed by atoms with van der Waals surface area (Å²) in [6.45, 7) is -0.122. The molecular weight excluding hydrogens is 400 g/mol. The summed E-state index contributed by atoms with van der Waals surface area (Å²) in [5.74, 6) is 0.274. The van der Waals surface area contributed by atoms with Crippen molar-refractivity contribution in [1.29, 1.82) is 0 Å². The van der Waals surface area contributed by atoms with Gasteiger partial charge in [-0.25, -0.2) is 0 Å². The van der Waals surface area contributed by atoms with Crippen molar-refractivity contribution in [3.8, 4) is 5.75 Å². The summed E-state index contributed by atoms with van der Waals surface area (Å²) in [5, 5.41) is 6.39. The van der Waals surface area contributed by atoms with Crippen LogP contribution in [0, 0.1) is 5.92 Å². The van der Waals surface area contributed by atoms with E-state index in [4.69, 9.17) is 16.3 Å². The molecule has 3 aromatic carbocycles. The lowest BCUT2D eigenvalue weighted by atomic mass is 10.1. The minimum absolute atomic E-state index is 0.0427. The Bertz CT molecular complexity index is 1060. The highest BCUT2D eigenvalue weighted by Crippen LogP contribution is 2.50. The summed E-state index contributed by atoms with van der Waals surface area (Å²) in [6.07, 6.45) is 0.783. The molecule has 0 bridgehead atoms. The summed E-state index contributed by atoms with van der Waals surface area (Å²) in [6, 6.07) is 23.8. The van der Waals surface area contributed by atoms with Gasteiger partial charge in [-0.3, -0.25) is 9.59 Å². The van der Waals surface area contributed by atoms with E-state index in [1.807, 2.05) is 54.6 Å². The van der Waals surface area contributed by atoms with Gasteiger partial charge in [-0.05, 0) is 48.2 Å². The molecule has 6 heteroatoms. The zero-order chi connectivity index (χ0) is 20.9. The number of para-hydroxylation sites is 1. The van der Waals surface area contributed by atoms with Crippen LogP contribution in [0.15, 0.2) is 78.9 Å². The number of nitrogens with one attached hydrogen (secondary N) is 2. The third kappa shape index (κ3) is 4.99. The molecule has 0 radical (unpaired) electrons. The molecule has 30 heavy (non-hydrogen) atoms. The van der Waals surface area contributed by atoms with Crippen LogP contribution in [0.25, 0.3) is 0 Å². The van der Waals surface area contributed by atoms with Gasteiger partial charge in [-0.1, -0.05) is 54.1 Å². The van der Waals surface area contributed by atoms with E-state index in [1.165, 1.54) is 0 Å². The molecule has 2 N–H and O–H groups in total. The van der Waals surface area contributed by atoms with Gasteiger partial charge in [0.15, 0.2) is 6.61 Å². The van der Waals surface area contributed by atoms with E-state index in [0.29, 0.717) is 22.1 Å². The van der Waals surface area contributed by atoms with Gasteiger partial charge in [0, 0.05) is 28.4 Å². The number of anilines is 2. The predicted octanol–water partition coefficient (Wildman–Crippen LogP) is 5.10. The van der Waals surface area contributed by atoms with Gasteiger partial charge in [-0.15, -0.1) is 0 Å². The van der Waals surface area contributed by atoms with E-state index in [9.17, 15) is 9.59 Å². The maximum absolute atomic E-state index is 12.6. The van der Waals surface area contributed by atoms with Gasteiger partial charge >= 0.3 is 0 Å². The Balaban J connectivity index is 1.30. The van der Waals surface area contributed by atoms with Crippen LogP contribution >= 0.6 is 11.6 Å². The molecule has 2 amide bonds. The summed E-state index contributed by atoms with van der Waals surface area (Å²) in [5.41, 5.74) is 2.36. The van der Waals surface area contributed by atoms with Crippen molar-refractivity contribution in [3.63, 3.8) is 0 Å². The summed E-state index contributed by atoms with van der Waals surface area (Å²) < 4.78 is 5.56. The molecule has 0 spiro atoms. The van der Waals surface area contributed by atoms with Crippen molar-refractivity contribution >= 4 is 34.8 Å². The maximum atomic E-state index is 12.6. The van der Waals surface area contributed by atoms with Gasteiger partial charge in [-0.2, -0.15) is 0 Å². The number of carbonyl (C=O) groups excluding carboxylic acids is 2. The van der Waals surface area contributed by atoms with E-state index in [2.05, 4.69) is 10.6 Å².